The zero-order valence-electron chi connectivity index (χ0n) is 11.1. The molecule has 2 N–H and O–H groups in total. The first kappa shape index (κ1) is 22.5. The molecular formula is C13H21O4Ti-. The van der Waals surface area contributed by atoms with Gasteiger partial charge in [0.15, 0.2) is 0 Å². The summed E-state index contributed by atoms with van der Waals surface area (Å²) in [6.45, 7) is 5.61. The standard InChI is InChI=1S/C11H13O2.2CH4O.Ti/c1-3-9(2)13-11(12)10-7-5-4-6-8-10;2*1-2;/h4-9H,2-3H2,1H3;2*2H,1H3;/q-1;;;. The zero-order chi connectivity index (χ0) is 13.7. The largest absolute Gasteiger partial charge is 0.492 e. The topological polar surface area (TPSA) is 66.8 Å². The maximum Gasteiger partial charge on any atom is 0.335 e. The number of hydrogen-bond donors (Lipinski definition) is 2. The Balaban J connectivity index is -0.000000409. The van der Waals surface area contributed by atoms with E-state index in [1.165, 1.54) is 0 Å². The van der Waals surface area contributed by atoms with E-state index in [0.29, 0.717) is 5.56 Å². The van der Waals surface area contributed by atoms with Gasteiger partial charge in [-0.25, -0.2) is 4.79 Å². The van der Waals surface area contributed by atoms with Gasteiger partial charge < -0.3 is 21.9 Å². The van der Waals surface area contributed by atoms with Crippen LogP contribution in [-0.2, 0) is 26.5 Å². The predicted molar refractivity (Wildman–Crippen MR) is 67.6 cm³/mol. The fourth-order valence-electron chi connectivity index (χ4n) is 0.877. The monoisotopic (exact) mass is 289 g/mol. The van der Waals surface area contributed by atoms with E-state index in [2.05, 4.69) is 6.92 Å². The van der Waals surface area contributed by atoms with Crippen LogP contribution >= 0.6 is 0 Å². The van der Waals surface area contributed by atoms with E-state index < -0.39 is 0 Å². The average Bonchev–Trinajstić information content (AvgIpc) is 2.44. The Labute approximate surface area is 124 Å². The number of carbonyl (C=O) groups excluding carboxylic acids is 1. The molecule has 1 aromatic carbocycles. The molecule has 0 aromatic heterocycles. The molecule has 1 atom stereocenters. The van der Waals surface area contributed by atoms with Crippen LogP contribution in [-0.4, -0.2) is 36.5 Å². The Kier molecular flexibility index (Phi) is 20.4. The normalized spacial score (nSPS) is 9.44. The van der Waals surface area contributed by atoms with Gasteiger partial charge in [-0.15, -0.1) is 0 Å². The molecule has 18 heavy (non-hydrogen) atoms. The van der Waals surface area contributed by atoms with Crippen molar-refractivity contribution in [1.82, 2.24) is 0 Å². The van der Waals surface area contributed by atoms with Crippen molar-refractivity contribution in [2.75, 3.05) is 14.2 Å². The fourth-order valence-corrected chi connectivity index (χ4v) is 0.877. The Hall–Kier alpha value is -0.676. The van der Waals surface area contributed by atoms with Gasteiger partial charge in [0.2, 0.25) is 0 Å². The Morgan fingerprint density at radius 1 is 1.22 bits per heavy atom. The summed E-state index contributed by atoms with van der Waals surface area (Å²) in [5.41, 5.74) is 0.574. The second-order valence-corrected chi connectivity index (χ2v) is 2.80. The number of benzene rings is 1. The van der Waals surface area contributed by atoms with Crippen LogP contribution in [0.1, 0.15) is 23.7 Å². The van der Waals surface area contributed by atoms with Gasteiger partial charge in [0, 0.05) is 35.9 Å². The maximum atomic E-state index is 11.4. The molecule has 0 fully saturated rings. The van der Waals surface area contributed by atoms with Crippen molar-refractivity contribution in [3.05, 3.63) is 42.8 Å². The summed E-state index contributed by atoms with van der Waals surface area (Å²) in [6.07, 6.45) is 0.478. The van der Waals surface area contributed by atoms with Crippen LogP contribution in [0.5, 0.6) is 0 Å². The third kappa shape index (κ3) is 10.5. The third-order valence-electron chi connectivity index (χ3n) is 1.74. The minimum Gasteiger partial charge on any atom is -0.492 e. The Bertz CT molecular complexity index is 278. The van der Waals surface area contributed by atoms with Crippen molar-refractivity contribution >= 4 is 5.97 Å². The van der Waals surface area contributed by atoms with E-state index >= 15 is 0 Å². The molecule has 0 bridgehead atoms. The van der Waals surface area contributed by atoms with Gasteiger partial charge in [-0.2, -0.15) is 0 Å². The van der Waals surface area contributed by atoms with E-state index in [-0.39, 0.29) is 33.8 Å². The van der Waals surface area contributed by atoms with Crippen LogP contribution in [0.2, 0.25) is 0 Å². The van der Waals surface area contributed by atoms with Crippen LogP contribution in [0, 0.1) is 6.92 Å². The summed E-state index contributed by atoms with van der Waals surface area (Å²) in [6, 6.07) is 8.93. The molecule has 4 nitrogen and oxygen atoms in total. The van der Waals surface area contributed by atoms with Gasteiger partial charge in [0.25, 0.3) is 0 Å². The van der Waals surface area contributed by atoms with Crippen molar-refractivity contribution in [3.63, 3.8) is 0 Å². The summed E-state index contributed by atoms with van der Waals surface area (Å²) in [5.74, 6) is -0.303. The van der Waals surface area contributed by atoms with Crippen molar-refractivity contribution in [2.24, 2.45) is 0 Å². The first-order valence-corrected chi connectivity index (χ1v) is 5.22. The van der Waals surface area contributed by atoms with Gasteiger partial charge in [-0.05, 0) is 24.7 Å². The summed E-state index contributed by atoms with van der Waals surface area (Å²) >= 11 is 0. The molecular weight excluding hydrogens is 268 g/mol. The summed E-state index contributed by atoms with van der Waals surface area (Å²) in [7, 11) is 2.00. The number of carbonyl (C=O) groups is 1. The number of aliphatic hydroxyl groups excluding tert-OH is 2. The maximum absolute atomic E-state index is 11.4. The SMILES string of the molecule is CO.CO.[CH2-]C(CC)OC(=O)c1ccccc1.[Ti]. The van der Waals surface area contributed by atoms with Gasteiger partial charge in [0.05, 0.1) is 5.56 Å². The van der Waals surface area contributed by atoms with Crippen LogP contribution in [0.4, 0.5) is 0 Å². The van der Waals surface area contributed by atoms with Crippen molar-refractivity contribution in [1.29, 1.82) is 0 Å². The zero-order valence-corrected chi connectivity index (χ0v) is 12.7. The number of hydrogen-bond acceptors (Lipinski definition) is 4. The third-order valence-corrected chi connectivity index (χ3v) is 1.74. The van der Waals surface area contributed by atoms with Gasteiger partial charge in [0.1, 0.15) is 0 Å². The average molecular weight is 289 g/mol. The second-order valence-electron chi connectivity index (χ2n) is 2.80. The minimum absolute atomic E-state index is 0. The van der Waals surface area contributed by atoms with Crippen LogP contribution in [0.25, 0.3) is 0 Å². The smallest absolute Gasteiger partial charge is 0.335 e. The van der Waals surface area contributed by atoms with Crippen molar-refractivity contribution in [2.45, 2.75) is 19.4 Å². The fraction of sp³-hybridized carbons (Fsp3) is 0.385. The van der Waals surface area contributed by atoms with E-state index in [1.807, 2.05) is 13.0 Å². The van der Waals surface area contributed by atoms with E-state index in [4.69, 9.17) is 14.9 Å². The van der Waals surface area contributed by atoms with Crippen molar-refractivity contribution in [3.8, 4) is 0 Å². The first-order chi connectivity index (χ1) is 8.24. The molecule has 5 heteroatoms. The summed E-state index contributed by atoms with van der Waals surface area (Å²) < 4.78 is 5.04. The molecule has 0 aliphatic heterocycles. The first-order valence-electron chi connectivity index (χ1n) is 5.22. The predicted octanol–water partition coefficient (Wildman–Crippen LogP) is 1.67. The second kappa shape index (κ2) is 16.3. The molecule has 0 aliphatic carbocycles. The van der Waals surface area contributed by atoms with Gasteiger partial charge >= 0.3 is 5.97 Å². The molecule has 0 amide bonds. The van der Waals surface area contributed by atoms with E-state index in [0.717, 1.165) is 20.6 Å². The molecule has 0 saturated carbocycles. The van der Waals surface area contributed by atoms with E-state index in [9.17, 15) is 4.79 Å². The van der Waals surface area contributed by atoms with Gasteiger partial charge in [-0.3, -0.25) is 0 Å². The Morgan fingerprint density at radius 3 is 2.06 bits per heavy atom. The van der Waals surface area contributed by atoms with Gasteiger partial charge in [-0.1, -0.05) is 25.1 Å². The Morgan fingerprint density at radius 2 is 1.67 bits per heavy atom. The molecule has 1 unspecified atom stereocenters. The number of esters is 1. The van der Waals surface area contributed by atoms with E-state index in [1.54, 1.807) is 24.3 Å². The molecule has 0 spiro atoms. The molecule has 0 aliphatic rings. The summed E-state index contributed by atoms with van der Waals surface area (Å²) in [5, 5.41) is 14.0. The minimum atomic E-state index is -0.303. The molecule has 1 aromatic rings. The molecule has 0 radical (unpaired) electrons. The quantitative estimate of drug-likeness (QED) is 0.504. The molecule has 0 heterocycles. The molecule has 102 valence electrons. The van der Waals surface area contributed by atoms with Crippen LogP contribution in [0.15, 0.2) is 30.3 Å². The van der Waals surface area contributed by atoms with Crippen LogP contribution in [0.3, 0.4) is 0 Å². The van der Waals surface area contributed by atoms with Crippen molar-refractivity contribution < 1.29 is 41.5 Å². The summed E-state index contributed by atoms with van der Waals surface area (Å²) in [4.78, 5) is 11.4. The number of ether oxygens (including phenoxy) is 1. The molecule has 1 rings (SSSR count). The number of aliphatic hydroxyl groups is 2. The molecule has 0 saturated heterocycles. The van der Waals surface area contributed by atoms with Crippen LogP contribution < -0.4 is 0 Å². The number of rotatable bonds is 3.